The Balaban J connectivity index is 1.91. The van der Waals surface area contributed by atoms with Crippen LogP contribution in [0.15, 0.2) is 29.6 Å². The van der Waals surface area contributed by atoms with Crippen LogP contribution < -0.4 is 5.32 Å². The van der Waals surface area contributed by atoms with Gasteiger partial charge in [-0.15, -0.1) is 22.7 Å². The fourth-order valence-corrected chi connectivity index (χ4v) is 4.68. The van der Waals surface area contributed by atoms with Crippen LogP contribution in [0.3, 0.4) is 0 Å². The van der Waals surface area contributed by atoms with E-state index in [0.29, 0.717) is 6.04 Å². The van der Waals surface area contributed by atoms with Gasteiger partial charge in [0.2, 0.25) is 0 Å². The van der Waals surface area contributed by atoms with E-state index in [0.717, 1.165) is 32.6 Å². The first-order valence-electron chi connectivity index (χ1n) is 6.95. The van der Waals surface area contributed by atoms with Crippen molar-refractivity contribution >= 4 is 22.7 Å². The van der Waals surface area contributed by atoms with Gasteiger partial charge in [0.15, 0.2) is 0 Å². The van der Waals surface area contributed by atoms with E-state index in [1.807, 2.05) is 22.7 Å². The summed E-state index contributed by atoms with van der Waals surface area (Å²) in [5.41, 5.74) is 0. The first-order valence-corrected chi connectivity index (χ1v) is 8.65. The molecule has 2 nitrogen and oxygen atoms in total. The topological polar surface area (TPSA) is 15.3 Å². The first kappa shape index (κ1) is 13.3. The van der Waals surface area contributed by atoms with Crippen molar-refractivity contribution in [3.63, 3.8) is 0 Å². The number of rotatable bonds is 4. The van der Waals surface area contributed by atoms with Gasteiger partial charge < -0.3 is 5.32 Å². The van der Waals surface area contributed by atoms with Gasteiger partial charge in [-0.3, -0.25) is 4.90 Å². The Morgan fingerprint density at radius 1 is 1.21 bits per heavy atom. The van der Waals surface area contributed by atoms with Crippen LogP contribution in [0.25, 0.3) is 0 Å². The predicted molar refractivity (Wildman–Crippen MR) is 84.3 cm³/mol. The molecule has 1 saturated heterocycles. The molecule has 0 amide bonds. The Morgan fingerprint density at radius 3 is 2.68 bits per heavy atom. The number of hydrogen-bond donors (Lipinski definition) is 1. The minimum absolute atomic E-state index is 0.465. The standard InChI is InChI=1S/C15H20N2S2/c1-2-12-5-6-14(19-12)15(13-4-3-11-18-13)17-9-7-16-8-10-17/h3-6,11,15-16H,2,7-10H2,1H3. The quantitative estimate of drug-likeness (QED) is 0.929. The number of thiophene rings is 2. The SMILES string of the molecule is CCc1ccc(C(c2cccs2)N2CCNCC2)s1. The summed E-state index contributed by atoms with van der Waals surface area (Å²) < 4.78 is 0. The zero-order valence-corrected chi connectivity index (χ0v) is 12.9. The molecule has 1 N–H and O–H groups in total. The molecule has 0 aromatic carbocycles. The Hall–Kier alpha value is -0.680. The van der Waals surface area contributed by atoms with Crippen LogP contribution in [0.2, 0.25) is 0 Å². The Morgan fingerprint density at radius 2 is 2.05 bits per heavy atom. The zero-order chi connectivity index (χ0) is 13.1. The predicted octanol–water partition coefficient (Wildman–Crippen LogP) is 3.37. The van der Waals surface area contributed by atoms with Crippen molar-refractivity contribution in [2.75, 3.05) is 26.2 Å². The third-order valence-corrected chi connectivity index (χ3v) is 5.84. The summed E-state index contributed by atoms with van der Waals surface area (Å²) in [6, 6.07) is 9.54. The molecule has 0 saturated carbocycles. The largest absolute Gasteiger partial charge is 0.314 e. The van der Waals surface area contributed by atoms with Crippen LogP contribution in [-0.4, -0.2) is 31.1 Å². The van der Waals surface area contributed by atoms with Crippen molar-refractivity contribution in [2.24, 2.45) is 0 Å². The van der Waals surface area contributed by atoms with Gasteiger partial charge in [0.1, 0.15) is 0 Å². The molecular weight excluding hydrogens is 272 g/mol. The van der Waals surface area contributed by atoms with Gasteiger partial charge >= 0.3 is 0 Å². The van der Waals surface area contributed by atoms with Gasteiger partial charge in [0, 0.05) is 40.8 Å². The number of hydrogen-bond acceptors (Lipinski definition) is 4. The second-order valence-electron chi connectivity index (χ2n) is 4.86. The maximum Gasteiger partial charge on any atom is 0.0790 e. The van der Waals surface area contributed by atoms with E-state index in [2.05, 4.69) is 46.8 Å². The lowest BCUT2D eigenvalue weighted by Crippen LogP contribution is -2.45. The van der Waals surface area contributed by atoms with Crippen LogP contribution in [0.1, 0.15) is 27.6 Å². The zero-order valence-electron chi connectivity index (χ0n) is 11.3. The average molecular weight is 292 g/mol. The van der Waals surface area contributed by atoms with Crippen LogP contribution in [-0.2, 0) is 6.42 Å². The molecule has 1 atom stereocenters. The monoisotopic (exact) mass is 292 g/mol. The van der Waals surface area contributed by atoms with Crippen molar-refractivity contribution in [1.29, 1.82) is 0 Å². The highest BCUT2D eigenvalue weighted by atomic mass is 32.1. The first-order chi connectivity index (χ1) is 9.38. The highest BCUT2D eigenvalue weighted by Crippen LogP contribution is 2.35. The van der Waals surface area contributed by atoms with Crippen molar-refractivity contribution in [3.8, 4) is 0 Å². The lowest BCUT2D eigenvalue weighted by atomic mass is 10.1. The summed E-state index contributed by atoms with van der Waals surface area (Å²) in [6.45, 7) is 6.73. The molecule has 1 unspecified atom stereocenters. The molecule has 2 aromatic heterocycles. The Labute approximate surface area is 123 Å². The molecule has 0 radical (unpaired) electrons. The van der Waals surface area contributed by atoms with Gasteiger partial charge in [0.05, 0.1) is 6.04 Å². The molecular formula is C15H20N2S2. The lowest BCUT2D eigenvalue weighted by Gasteiger charge is -2.34. The molecule has 4 heteroatoms. The summed E-state index contributed by atoms with van der Waals surface area (Å²) >= 11 is 3.86. The smallest absolute Gasteiger partial charge is 0.0790 e. The summed E-state index contributed by atoms with van der Waals surface area (Å²) in [7, 11) is 0. The fourth-order valence-electron chi connectivity index (χ4n) is 2.62. The van der Waals surface area contributed by atoms with Gasteiger partial charge in [-0.25, -0.2) is 0 Å². The molecule has 1 fully saturated rings. The molecule has 0 bridgehead atoms. The molecule has 19 heavy (non-hydrogen) atoms. The molecule has 102 valence electrons. The van der Waals surface area contributed by atoms with Crippen LogP contribution in [0.4, 0.5) is 0 Å². The van der Waals surface area contributed by atoms with E-state index < -0.39 is 0 Å². The summed E-state index contributed by atoms with van der Waals surface area (Å²) in [5.74, 6) is 0. The number of nitrogens with zero attached hydrogens (tertiary/aromatic N) is 1. The van der Waals surface area contributed by atoms with Crippen LogP contribution in [0, 0.1) is 0 Å². The van der Waals surface area contributed by atoms with Crippen molar-refractivity contribution in [1.82, 2.24) is 10.2 Å². The van der Waals surface area contributed by atoms with Gasteiger partial charge in [-0.05, 0) is 30.0 Å². The molecule has 0 aliphatic carbocycles. The number of nitrogens with one attached hydrogen (secondary N) is 1. The highest BCUT2D eigenvalue weighted by Gasteiger charge is 2.25. The second kappa shape index (κ2) is 6.18. The number of aryl methyl sites for hydroxylation is 1. The lowest BCUT2D eigenvalue weighted by molar-refractivity contribution is 0.203. The minimum atomic E-state index is 0.465. The van der Waals surface area contributed by atoms with E-state index >= 15 is 0 Å². The van der Waals surface area contributed by atoms with Gasteiger partial charge in [0.25, 0.3) is 0 Å². The summed E-state index contributed by atoms with van der Waals surface area (Å²) in [5, 5.41) is 5.64. The third-order valence-electron chi connectivity index (χ3n) is 3.63. The van der Waals surface area contributed by atoms with Gasteiger partial charge in [-0.1, -0.05) is 13.0 Å². The Kier molecular flexibility index (Phi) is 4.33. The molecule has 2 aromatic rings. The van der Waals surface area contributed by atoms with Gasteiger partial charge in [-0.2, -0.15) is 0 Å². The van der Waals surface area contributed by atoms with E-state index in [-0.39, 0.29) is 0 Å². The maximum atomic E-state index is 3.45. The summed E-state index contributed by atoms with van der Waals surface area (Å²) in [6.07, 6.45) is 1.14. The van der Waals surface area contributed by atoms with Crippen molar-refractivity contribution in [2.45, 2.75) is 19.4 Å². The third kappa shape index (κ3) is 2.92. The van der Waals surface area contributed by atoms with E-state index in [1.165, 1.54) is 14.6 Å². The van der Waals surface area contributed by atoms with Crippen LogP contribution in [0.5, 0.6) is 0 Å². The molecule has 0 spiro atoms. The normalized spacial score (nSPS) is 18.6. The van der Waals surface area contributed by atoms with Crippen molar-refractivity contribution in [3.05, 3.63) is 44.3 Å². The van der Waals surface area contributed by atoms with E-state index in [9.17, 15) is 0 Å². The van der Waals surface area contributed by atoms with Crippen molar-refractivity contribution < 1.29 is 0 Å². The Bertz CT molecular complexity index is 498. The molecule has 3 heterocycles. The highest BCUT2D eigenvalue weighted by molar-refractivity contribution is 7.13. The molecule has 1 aliphatic rings. The van der Waals surface area contributed by atoms with E-state index in [1.54, 1.807) is 0 Å². The average Bonchev–Trinajstić information content (AvgIpc) is 3.12. The minimum Gasteiger partial charge on any atom is -0.314 e. The maximum absolute atomic E-state index is 3.45. The summed E-state index contributed by atoms with van der Waals surface area (Å²) in [4.78, 5) is 7.09. The van der Waals surface area contributed by atoms with Crippen LogP contribution >= 0.6 is 22.7 Å². The fraction of sp³-hybridized carbons (Fsp3) is 0.467. The number of piperazine rings is 1. The molecule has 3 rings (SSSR count). The second-order valence-corrected chi connectivity index (χ2v) is 7.04. The van der Waals surface area contributed by atoms with E-state index in [4.69, 9.17) is 0 Å². The molecule has 1 aliphatic heterocycles.